The Balaban J connectivity index is 2.27. The molecule has 94 valence electrons. The van der Waals surface area contributed by atoms with Crippen LogP contribution in [-0.2, 0) is 6.42 Å². The fourth-order valence-corrected chi connectivity index (χ4v) is 2.41. The highest BCUT2D eigenvalue weighted by atomic mass is 79.9. The molecule has 0 aliphatic heterocycles. The maximum Gasteiger partial charge on any atom is 0.129 e. The molecule has 1 unspecified atom stereocenters. The van der Waals surface area contributed by atoms with Crippen LogP contribution in [0.25, 0.3) is 0 Å². The van der Waals surface area contributed by atoms with Crippen molar-refractivity contribution in [2.45, 2.75) is 12.5 Å². The molecule has 2 N–H and O–H groups in total. The number of hydrogen-bond donors (Lipinski definition) is 1. The van der Waals surface area contributed by atoms with Gasteiger partial charge in [-0.25, -0.2) is 8.78 Å². The monoisotopic (exact) mass is 311 g/mol. The summed E-state index contributed by atoms with van der Waals surface area (Å²) in [7, 11) is 0. The Kier molecular flexibility index (Phi) is 4.09. The van der Waals surface area contributed by atoms with Crippen LogP contribution in [0.1, 0.15) is 17.2 Å². The summed E-state index contributed by atoms with van der Waals surface area (Å²) < 4.78 is 27.9. The average Bonchev–Trinajstić information content (AvgIpc) is 2.34. The zero-order valence-electron chi connectivity index (χ0n) is 9.54. The molecule has 1 nitrogen and oxygen atoms in total. The van der Waals surface area contributed by atoms with Crippen molar-refractivity contribution in [1.82, 2.24) is 0 Å². The van der Waals surface area contributed by atoms with Crippen molar-refractivity contribution in [3.05, 3.63) is 69.7 Å². The molecule has 0 aliphatic carbocycles. The Morgan fingerprint density at radius 3 is 2.22 bits per heavy atom. The fraction of sp³-hybridized carbons (Fsp3) is 0.143. The van der Waals surface area contributed by atoms with E-state index in [9.17, 15) is 8.78 Å². The number of benzene rings is 2. The van der Waals surface area contributed by atoms with Gasteiger partial charge < -0.3 is 5.73 Å². The van der Waals surface area contributed by atoms with Gasteiger partial charge in [-0.3, -0.25) is 0 Å². The molecule has 4 heteroatoms. The first-order valence-corrected chi connectivity index (χ1v) is 6.32. The first-order chi connectivity index (χ1) is 8.59. The SMILES string of the molecule is NC(Cc1c(F)cccc1F)c1ccccc1Br. The summed E-state index contributed by atoms with van der Waals surface area (Å²) in [5, 5.41) is 0. The second-order valence-corrected chi connectivity index (χ2v) is 4.89. The zero-order chi connectivity index (χ0) is 13.1. The van der Waals surface area contributed by atoms with Gasteiger partial charge in [-0.05, 0) is 30.2 Å². The number of hydrogen-bond acceptors (Lipinski definition) is 1. The second kappa shape index (κ2) is 5.59. The number of halogens is 3. The van der Waals surface area contributed by atoms with Crippen molar-refractivity contribution >= 4 is 15.9 Å². The summed E-state index contributed by atoms with van der Waals surface area (Å²) in [6.07, 6.45) is 0.126. The third-order valence-corrected chi connectivity index (χ3v) is 3.51. The van der Waals surface area contributed by atoms with Crippen molar-refractivity contribution in [3.8, 4) is 0 Å². The van der Waals surface area contributed by atoms with Crippen LogP contribution in [0.3, 0.4) is 0 Å². The number of rotatable bonds is 3. The maximum atomic E-state index is 13.5. The van der Waals surface area contributed by atoms with Crippen molar-refractivity contribution in [2.75, 3.05) is 0 Å². The van der Waals surface area contributed by atoms with Crippen molar-refractivity contribution in [3.63, 3.8) is 0 Å². The quantitative estimate of drug-likeness (QED) is 0.912. The van der Waals surface area contributed by atoms with E-state index in [4.69, 9.17) is 5.73 Å². The molecule has 0 saturated heterocycles. The van der Waals surface area contributed by atoms with Gasteiger partial charge in [-0.15, -0.1) is 0 Å². The molecule has 0 aromatic heterocycles. The third kappa shape index (κ3) is 2.76. The van der Waals surface area contributed by atoms with E-state index in [1.54, 1.807) is 0 Å². The Morgan fingerprint density at radius 2 is 1.61 bits per heavy atom. The Morgan fingerprint density at radius 1 is 1.00 bits per heavy atom. The van der Waals surface area contributed by atoms with Gasteiger partial charge in [0.15, 0.2) is 0 Å². The van der Waals surface area contributed by atoms with E-state index in [0.29, 0.717) is 0 Å². The minimum absolute atomic E-state index is 0.0285. The molecular formula is C14H12BrF2N. The van der Waals surface area contributed by atoms with Crippen LogP contribution >= 0.6 is 15.9 Å². The lowest BCUT2D eigenvalue weighted by molar-refractivity contribution is 0.539. The highest BCUT2D eigenvalue weighted by Gasteiger charge is 2.15. The van der Waals surface area contributed by atoms with E-state index in [1.807, 2.05) is 24.3 Å². The normalized spacial score (nSPS) is 12.4. The Labute approximate surface area is 113 Å². The van der Waals surface area contributed by atoms with Gasteiger partial charge in [0.25, 0.3) is 0 Å². The lowest BCUT2D eigenvalue weighted by Crippen LogP contribution is -2.15. The van der Waals surface area contributed by atoms with Crippen molar-refractivity contribution < 1.29 is 8.78 Å². The highest BCUT2D eigenvalue weighted by Crippen LogP contribution is 2.25. The fourth-order valence-electron chi connectivity index (χ4n) is 1.83. The van der Waals surface area contributed by atoms with Gasteiger partial charge in [-0.2, -0.15) is 0 Å². The smallest absolute Gasteiger partial charge is 0.129 e. The van der Waals surface area contributed by atoms with Crippen LogP contribution in [0.15, 0.2) is 46.9 Å². The van der Waals surface area contributed by atoms with Crippen LogP contribution in [0.2, 0.25) is 0 Å². The molecule has 1 atom stereocenters. The lowest BCUT2D eigenvalue weighted by atomic mass is 9.99. The Hall–Kier alpha value is -1.26. The maximum absolute atomic E-state index is 13.5. The molecule has 0 amide bonds. The van der Waals surface area contributed by atoms with E-state index >= 15 is 0 Å². The van der Waals surface area contributed by atoms with E-state index < -0.39 is 17.7 Å². The van der Waals surface area contributed by atoms with Gasteiger partial charge in [0.05, 0.1) is 0 Å². The van der Waals surface area contributed by atoms with Crippen LogP contribution in [0.4, 0.5) is 8.78 Å². The molecule has 2 aromatic carbocycles. The standard InChI is InChI=1S/C14H12BrF2N/c15-11-5-2-1-4-9(11)14(18)8-10-12(16)6-3-7-13(10)17/h1-7,14H,8,18H2. The van der Waals surface area contributed by atoms with Crippen LogP contribution < -0.4 is 5.73 Å². The first-order valence-electron chi connectivity index (χ1n) is 5.52. The average molecular weight is 312 g/mol. The van der Waals surface area contributed by atoms with Crippen LogP contribution in [0, 0.1) is 11.6 Å². The van der Waals surface area contributed by atoms with Gasteiger partial charge in [0, 0.05) is 16.1 Å². The Bertz CT molecular complexity index is 537. The lowest BCUT2D eigenvalue weighted by Gasteiger charge is -2.14. The zero-order valence-corrected chi connectivity index (χ0v) is 11.1. The summed E-state index contributed by atoms with van der Waals surface area (Å²) in [5.41, 5.74) is 6.86. The van der Waals surface area contributed by atoms with Crippen LogP contribution in [-0.4, -0.2) is 0 Å². The van der Waals surface area contributed by atoms with Crippen molar-refractivity contribution in [1.29, 1.82) is 0 Å². The van der Waals surface area contributed by atoms with Gasteiger partial charge in [0.2, 0.25) is 0 Å². The topological polar surface area (TPSA) is 26.0 Å². The summed E-state index contributed by atoms with van der Waals surface area (Å²) >= 11 is 3.38. The van der Waals surface area contributed by atoms with E-state index in [-0.39, 0.29) is 12.0 Å². The van der Waals surface area contributed by atoms with E-state index in [1.165, 1.54) is 18.2 Å². The molecular weight excluding hydrogens is 300 g/mol. The second-order valence-electron chi connectivity index (χ2n) is 4.03. The molecule has 0 fully saturated rings. The molecule has 2 aromatic rings. The molecule has 0 saturated carbocycles. The summed E-state index contributed by atoms with van der Waals surface area (Å²) in [6, 6.07) is 10.8. The number of nitrogens with two attached hydrogens (primary N) is 1. The predicted octanol–water partition coefficient (Wildman–Crippen LogP) is 3.97. The van der Waals surface area contributed by atoms with Crippen LogP contribution in [0.5, 0.6) is 0 Å². The first kappa shape index (κ1) is 13.2. The minimum Gasteiger partial charge on any atom is -0.324 e. The molecule has 0 spiro atoms. The summed E-state index contributed by atoms with van der Waals surface area (Å²) in [6.45, 7) is 0. The molecule has 0 heterocycles. The summed E-state index contributed by atoms with van der Waals surface area (Å²) in [5.74, 6) is -1.12. The van der Waals surface area contributed by atoms with Gasteiger partial charge in [-0.1, -0.05) is 40.2 Å². The largest absolute Gasteiger partial charge is 0.324 e. The minimum atomic E-state index is -0.558. The third-order valence-electron chi connectivity index (χ3n) is 2.79. The molecule has 0 bridgehead atoms. The molecule has 0 aliphatic rings. The van der Waals surface area contributed by atoms with Gasteiger partial charge in [0.1, 0.15) is 11.6 Å². The molecule has 2 rings (SSSR count). The molecule has 18 heavy (non-hydrogen) atoms. The highest BCUT2D eigenvalue weighted by molar-refractivity contribution is 9.10. The van der Waals surface area contributed by atoms with Gasteiger partial charge >= 0.3 is 0 Å². The molecule has 0 radical (unpaired) electrons. The van der Waals surface area contributed by atoms with E-state index in [2.05, 4.69) is 15.9 Å². The summed E-state index contributed by atoms with van der Waals surface area (Å²) in [4.78, 5) is 0. The van der Waals surface area contributed by atoms with Crippen molar-refractivity contribution in [2.24, 2.45) is 5.73 Å². The predicted molar refractivity (Wildman–Crippen MR) is 71.1 cm³/mol. The van der Waals surface area contributed by atoms with E-state index in [0.717, 1.165) is 10.0 Å².